The third kappa shape index (κ3) is 2.91. The molecule has 0 aliphatic heterocycles. The number of H-pyrrole nitrogens is 1. The third-order valence-electron chi connectivity index (χ3n) is 3.60. The van der Waals surface area contributed by atoms with Gasteiger partial charge in [0.1, 0.15) is 6.54 Å². The molecule has 0 unspecified atom stereocenters. The van der Waals surface area contributed by atoms with Crippen molar-refractivity contribution in [1.29, 1.82) is 0 Å². The number of aromatic nitrogens is 2. The van der Waals surface area contributed by atoms with E-state index in [4.69, 9.17) is 0 Å². The number of anilines is 1. The minimum atomic E-state index is -0.403. The summed E-state index contributed by atoms with van der Waals surface area (Å²) in [6.45, 7) is 1.62. The van der Waals surface area contributed by atoms with Crippen LogP contribution >= 0.6 is 0 Å². The summed E-state index contributed by atoms with van der Waals surface area (Å²) in [5.74, 6) is -0.382. The lowest BCUT2D eigenvalue weighted by atomic mass is 10.2. The zero-order valence-electron chi connectivity index (χ0n) is 12.5. The molecule has 0 fully saturated rings. The van der Waals surface area contributed by atoms with Gasteiger partial charge >= 0.3 is 0 Å². The Kier molecular flexibility index (Phi) is 3.80. The van der Waals surface area contributed by atoms with Crippen molar-refractivity contribution in [2.24, 2.45) is 0 Å². The molecule has 6 nitrogen and oxygen atoms in total. The summed E-state index contributed by atoms with van der Waals surface area (Å²) < 4.78 is 1.03. The van der Waals surface area contributed by atoms with Gasteiger partial charge in [0.25, 0.3) is 11.1 Å². The molecule has 6 heteroatoms. The fourth-order valence-electron chi connectivity index (χ4n) is 2.40. The van der Waals surface area contributed by atoms with Crippen LogP contribution in [0, 0.1) is 6.92 Å². The summed E-state index contributed by atoms with van der Waals surface area (Å²) >= 11 is 0. The number of carbonyl (C=O) groups excluding carboxylic acids is 1. The zero-order chi connectivity index (χ0) is 16.4. The van der Waals surface area contributed by atoms with Crippen molar-refractivity contribution in [3.05, 3.63) is 74.8 Å². The molecule has 2 aromatic carbocycles. The Hall–Kier alpha value is -3.15. The molecule has 116 valence electrons. The summed E-state index contributed by atoms with van der Waals surface area (Å²) in [7, 11) is 0. The number of benzene rings is 2. The number of fused-ring (bicyclic) bond motifs is 1. The number of nitrogens with zero attached hydrogens (tertiary/aromatic N) is 1. The van der Waals surface area contributed by atoms with E-state index in [1.807, 2.05) is 25.1 Å². The van der Waals surface area contributed by atoms with Crippen molar-refractivity contribution in [3.8, 4) is 0 Å². The Morgan fingerprint density at radius 3 is 2.43 bits per heavy atom. The van der Waals surface area contributed by atoms with Crippen LogP contribution in [0.25, 0.3) is 10.8 Å². The smallest absolute Gasteiger partial charge is 0.273 e. The van der Waals surface area contributed by atoms with E-state index in [-0.39, 0.29) is 12.5 Å². The molecule has 0 bridgehead atoms. The maximum atomic E-state index is 12.3. The normalized spacial score (nSPS) is 10.7. The first-order chi connectivity index (χ1) is 11.1. The van der Waals surface area contributed by atoms with E-state index in [1.54, 1.807) is 30.3 Å². The Morgan fingerprint density at radius 2 is 1.70 bits per heavy atom. The highest BCUT2D eigenvalue weighted by Crippen LogP contribution is 2.12. The van der Waals surface area contributed by atoms with Gasteiger partial charge in [-0.1, -0.05) is 30.3 Å². The van der Waals surface area contributed by atoms with E-state index in [2.05, 4.69) is 10.4 Å². The highest BCUT2D eigenvalue weighted by molar-refractivity contribution is 5.91. The summed E-state index contributed by atoms with van der Waals surface area (Å²) in [5.41, 5.74) is 0.790. The second-order valence-corrected chi connectivity index (χ2v) is 5.24. The van der Waals surface area contributed by atoms with E-state index in [9.17, 15) is 14.4 Å². The molecule has 3 rings (SSSR count). The maximum absolute atomic E-state index is 12.3. The number of para-hydroxylation sites is 1. The minimum Gasteiger partial charge on any atom is -0.324 e. The largest absolute Gasteiger partial charge is 0.324 e. The number of hydrogen-bond acceptors (Lipinski definition) is 3. The highest BCUT2D eigenvalue weighted by Gasteiger charge is 2.10. The third-order valence-corrected chi connectivity index (χ3v) is 3.60. The van der Waals surface area contributed by atoms with E-state index in [1.165, 1.54) is 0 Å². The highest BCUT2D eigenvalue weighted by atomic mass is 16.2. The summed E-state index contributed by atoms with van der Waals surface area (Å²) in [5, 5.41) is 5.78. The van der Waals surface area contributed by atoms with Crippen molar-refractivity contribution >= 4 is 22.4 Å². The Labute approximate surface area is 131 Å². The molecule has 23 heavy (non-hydrogen) atoms. The number of aryl methyl sites for hydroxylation is 1. The van der Waals surface area contributed by atoms with E-state index in [0.29, 0.717) is 16.5 Å². The average Bonchev–Trinajstić information content (AvgIpc) is 2.54. The van der Waals surface area contributed by atoms with Gasteiger partial charge in [-0.05, 0) is 30.7 Å². The molecular formula is C17H15N3O3. The average molecular weight is 309 g/mol. The predicted molar refractivity (Wildman–Crippen MR) is 88.6 cm³/mol. The zero-order valence-corrected chi connectivity index (χ0v) is 12.5. The van der Waals surface area contributed by atoms with Gasteiger partial charge in [-0.25, -0.2) is 4.68 Å². The molecule has 1 aromatic heterocycles. The quantitative estimate of drug-likeness (QED) is 0.771. The van der Waals surface area contributed by atoms with Gasteiger partial charge in [0.2, 0.25) is 5.91 Å². The molecular weight excluding hydrogens is 294 g/mol. The van der Waals surface area contributed by atoms with Gasteiger partial charge in [-0.2, -0.15) is 0 Å². The van der Waals surface area contributed by atoms with Gasteiger partial charge in [0, 0.05) is 5.69 Å². The molecule has 0 saturated carbocycles. The van der Waals surface area contributed by atoms with Crippen molar-refractivity contribution in [3.63, 3.8) is 0 Å². The van der Waals surface area contributed by atoms with Gasteiger partial charge < -0.3 is 5.32 Å². The van der Waals surface area contributed by atoms with Crippen LogP contribution in [0.5, 0.6) is 0 Å². The van der Waals surface area contributed by atoms with Crippen molar-refractivity contribution in [1.82, 2.24) is 9.78 Å². The number of hydrogen-bond donors (Lipinski definition) is 2. The fourth-order valence-corrected chi connectivity index (χ4v) is 2.40. The van der Waals surface area contributed by atoms with E-state index in [0.717, 1.165) is 10.2 Å². The SMILES string of the molecule is Cc1ccccc1NC(=O)Cn1[nH]c(=O)c2ccccc2c1=O. The van der Waals surface area contributed by atoms with Crippen LogP contribution in [0.4, 0.5) is 5.69 Å². The molecule has 0 saturated heterocycles. The van der Waals surface area contributed by atoms with Crippen molar-refractivity contribution in [2.75, 3.05) is 5.32 Å². The van der Waals surface area contributed by atoms with Gasteiger partial charge in [0.15, 0.2) is 0 Å². The van der Waals surface area contributed by atoms with Crippen LogP contribution in [-0.2, 0) is 11.3 Å². The van der Waals surface area contributed by atoms with Crippen LogP contribution in [0.3, 0.4) is 0 Å². The molecule has 3 aromatic rings. The molecule has 1 heterocycles. The maximum Gasteiger partial charge on any atom is 0.273 e. The van der Waals surface area contributed by atoms with Crippen LogP contribution in [0.2, 0.25) is 0 Å². The lowest BCUT2D eigenvalue weighted by molar-refractivity contribution is -0.117. The second kappa shape index (κ2) is 5.92. The predicted octanol–water partition coefficient (Wildman–Crippen LogP) is 1.64. The summed E-state index contributed by atoms with van der Waals surface area (Å²) in [6.07, 6.45) is 0. The van der Waals surface area contributed by atoms with E-state index < -0.39 is 11.1 Å². The van der Waals surface area contributed by atoms with Crippen LogP contribution in [0.15, 0.2) is 58.1 Å². The first-order valence-electron chi connectivity index (χ1n) is 7.13. The van der Waals surface area contributed by atoms with Crippen LogP contribution in [-0.4, -0.2) is 15.7 Å². The lowest BCUT2D eigenvalue weighted by Gasteiger charge is -2.10. The summed E-state index contributed by atoms with van der Waals surface area (Å²) in [6, 6.07) is 13.9. The van der Waals surface area contributed by atoms with Gasteiger partial charge in [-0.15, -0.1) is 0 Å². The van der Waals surface area contributed by atoms with Gasteiger partial charge in [0.05, 0.1) is 10.8 Å². The first-order valence-corrected chi connectivity index (χ1v) is 7.13. The van der Waals surface area contributed by atoms with Crippen molar-refractivity contribution in [2.45, 2.75) is 13.5 Å². The second-order valence-electron chi connectivity index (χ2n) is 5.24. The Balaban J connectivity index is 1.91. The lowest BCUT2D eigenvalue weighted by Crippen LogP contribution is -2.34. The topological polar surface area (TPSA) is 84.0 Å². The fraction of sp³-hybridized carbons (Fsp3) is 0.118. The summed E-state index contributed by atoms with van der Waals surface area (Å²) in [4.78, 5) is 36.5. The molecule has 2 N–H and O–H groups in total. The molecule has 1 amide bonds. The van der Waals surface area contributed by atoms with Crippen LogP contribution < -0.4 is 16.4 Å². The molecule has 0 atom stereocenters. The van der Waals surface area contributed by atoms with Gasteiger partial charge in [-0.3, -0.25) is 19.5 Å². The molecule has 0 aliphatic rings. The molecule has 0 spiro atoms. The number of carbonyl (C=O) groups is 1. The number of nitrogens with one attached hydrogen (secondary N) is 2. The van der Waals surface area contributed by atoms with Crippen LogP contribution in [0.1, 0.15) is 5.56 Å². The first kappa shape index (κ1) is 14.8. The molecule has 0 radical (unpaired) electrons. The minimum absolute atomic E-state index is 0.257. The van der Waals surface area contributed by atoms with E-state index >= 15 is 0 Å². The Bertz CT molecular complexity index is 1000. The number of aromatic amines is 1. The Morgan fingerprint density at radius 1 is 1.04 bits per heavy atom. The monoisotopic (exact) mass is 309 g/mol. The standard InChI is InChI=1S/C17H15N3O3/c1-11-6-2-5-9-14(11)18-15(21)10-20-17(23)13-8-4-3-7-12(13)16(22)19-20/h2-9H,10H2,1H3,(H,18,21)(H,19,22). The van der Waals surface area contributed by atoms with Crippen molar-refractivity contribution < 1.29 is 4.79 Å². The molecule has 0 aliphatic carbocycles. The number of rotatable bonds is 3. The number of amides is 1.